The number of halogens is 10. The van der Waals surface area contributed by atoms with E-state index in [1.807, 2.05) is 163 Å². The third-order valence-corrected chi connectivity index (χ3v) is 25.6. The molecular formula is C103H106BrCl7FIN6O24. The van der Waals surface area contributed by atoms with Crippen molar-refractivity contribution in [3.63, 3.8) is 0 Å². The largest absolute Gasteiger partial charge is 0.487 e. The lowest BCUT2D eigenvalue weighted by atomic mass is 10.1. The van der Waals surface area contributed by atoms with Crippen molar-refractivity contribution in [3.8, 4) is 34.5 Å². The van der Waals surface area contributed by atoms with Crippen molar-refractivity contribution in [1.82, 2.24) is 0 Å². The number of carbonyl (C=O) groups excluding carboxylic acids is 6. The molecule has 762 valence electrons. The lowest BCUT2D eigenvalue weighted by molar-refractivity contribution is 0.140. The van der Waals surface area contributed by atoms with E-state index in [1.165, 1.54) is 59.8 Å². The number of anilines is 6. The minimum Gasteiger partial charge on any atom is -0.487 e. The Labute approximate surface area is 884 Å². The van der Waals surface area contributed by atoms with Gasteiger partial charge in [0.25, 0.3) is 0 Å². The number of amides is 6. The Bertz CT molecular complexity index is 5790. The van der Waals surface area contributed by atoms with Gasteiger partial charge in [0.05, 0.1) is 112 Å². The van der Waals surface area contributed by atoms with Crippen LogP contribution in [0.2, 0.25) is 35.2 Å². The Morgan fingerprint density at radius 3 is 0.839 bits per heavy atom. The van der Waals surface area contributed by atoms with E-state index in [1.54, 1.807) is 91.0 Å². The second kappa shape index (κ2) is 56.3. The van der Waals surface area contributed by atoms with E-state index in [0.717, 1.165) is 83.0 Å². The summed E-state index contributed by atoms with van der Waals surface area (Å²) >= 11 is 48.9. The quantitative estimate of drug-likeness (QED) is 0.0142. The number of benzene rings is 12. The van der Waals surface area contributed by atoms with Crippen molar-refractivity contribution < 1.29 is 121 Å². The molecule has 0 aliphatic heterocycles. The smallest absolute Gasteiger partial charge is 0.438 e. The highest BCUT2D eigenvalue weighted by atomic mass is 127. The first kappa shape index (κ1) is 118. The van der Waals surface area contributed by atoms with E-state index >= 15 is 0 Å². The monoisotopic (exact) mass is 2280 g/mol. The van der Waals surface area contributed by atoms with Crippen molar-refractivity contribution in [2.75, 3.05) is 73.0 Å². The number of rotatable bonds is 24. The highest BCUT2D eigenvalue weighted by molar-refractivity contribution is 14.1. The Morgan fingerprint density at radius 2 is 0.497 bits per heavy atom. The normalized spacial score (nSPS) is 10.4. The SMILES string of the molecule is COC(=O)N(O)c1cccc(Br)c1COc1cc(C)c(C)cc1Cl.COC(=O)N(O)c1cccc(C)c1COc1cc(C)c(C)cc1Cl.COC(=O)N(O)c1cccc(Cl)c1COc1cc(C)c(C)cc1Cl.COC(=O)N(O)c1cccc(F)c1COc1cc(C)c(C)cc1Cl.COC(=O)N(O)c1cccc(I)c1COc1cc(C)c(C)cc1Cl.COC(=O)N(O)c1ccccc1COc1cc(C)c(C)cc1Cl. The number of aryl methyl sites for hydroxylation is 13. The second-order valence-electron chi connectivity index (χ2n) is 31.3. The molecule has 30 nitrogen and oxygen atoms in total. The second-order valence-corrected chi connectivity index (χ2v) is 36.1. The molecule has 0 aliphatic carbocycles. The fourth-order valence-corrected chi connectivity index (χ4v) is 15.6. The number of carbonyl (C=O) groups is 6. The lowest BCUT2D eigenvalue weighted by Gasteiger charge is -2.19. The fraction of sp³-hybridized carbons (Fsp3) is 0.243. The Morgan fingerprint density at radius 1 is 0.266 bits per heavy atom. The van der Waals surface area contributed by atoms with Crippen LogP contribution < -0.4 is 58.8 Å². The molecule has 0 saturated heterocycles. The van der Waals surface area contributed by atoms with Crippen LogP contribution in [-0.2, 0) is 68.1 Å². The molecule has 0 spiro atoms. The maximum Gasteiger partial charge on any atom is 0.438 e. The number of methoxy groups -OCH3 is 6. The third-order valence-electron chi connectivity index (χ3n) is 21.7. The molecule has 0 atom stereocenters. The van der Waals surface area contributed by atoms with Gasteiger partial charge in [-0.05, 0) is 318 Å². The van der Waals surface area contributed by atoms with Gasteiger partial charge in [-0.15, -0.1) is 0 Å². The summed E-state index contributed by atoms with van der Waals surface area (Å²) in [6, 6.07) is 53.0. The van der Waals surface area contributed by atoms with Gasteiger partial charge < -0.3 is 56.8 Å². The zero-order chi connectivity index (χ0) is 106. The van der Waals surface area contributed by atoms with Gasteiger partial charge in [-0.3, -0.25) is 31.2 Å². The van der Waals surface area contributed by atoms with Crippen molar-refractivity contribution >= 4 is 190 Å². The first-order chi connectivity index (χ1) is 67.7. The number of para-hydroxylation sites is 1. The maximum absolute atomic E-state index is 14.1. The van der Waals surface area contributed by atoms with Crippen LogP contribution in [0, 0.1) is 99.4 Å². The van der Waals surface area contributed by atoms with Crippen molar-refractivity contribution in [3.05, 3.63) is 343 Å². The van der Waals surface area contributed by atoms with Crippen LogP contribution in [-0.4, -0.2) is 110 Å². The molecule has 0 bridgehead atoms. The molecule has 0 radical (unpaired) electrons. The zero-order valence-corrected chi connectivity index (χ0v) is 90.2. The highest BCUT2D eigenvalue weighted by Crippen LogP contribution is 2.40. The van der Waals surface area contributed by atoms with Crippen molar-refractivity contribution in [2.24, 2.45) is 0 Å². The van der Waals surface area contributed by atoms with Crippen LogP contribution in [0.15, 0.2) is 193 Å². The molecule has 12 rings (SSSR count). The standard InChI is InChI=1S/C18H20ClNO4.C17H17BrClNO4.C17H17Cl2NO4.C17H17ClFNO4.C17H17ClINO4.C17H18ClNO4/c1-11-6-5-7-16(20(22)18(21)23-4)14(11)10-24-17-9-13(3)12(2)8-15(17)19;2*1-10-7-14(19)16(8-11(10)2)24-9-12-13(18)5-4-6-15(12)20(22)17(21)23-3;2*1-10-7-13(18)16(8-11(10)2)24-9-12-14(19)5-4-6-15(12)20(22)17(21)23-3;1-11-8-14(18)16(9-12(11)2)23-10-13-6-4-5-7-15(13)19(21)17(20)22-3/h5-9,22H,10H2,1-4H3;4*4-8,22H,9H2,1-3H3;4-9,21H,10H2,1-3H3. The van der Waals surface area contributed by atoms with Crippen LogP contribution in [0.1, 0.15) is 106 Å². The predicted molar refractivity (Wildman–Crippen MR) is 560 cm³/mol. The summed E-state index contributed by atoms with van der Waals surface area (Å²) in [6.45, 7) is 25.7. The van der Waals surface area contributed by atoms with Gasteiger partial charge in [-0.2, -0.15) is 30.4 Å². The number of ether oxygens (including phenoxy) is 12. The average molecular weight is 2290 g/mol. The molecule has 0 aromatic heterocycles. The molecule has 0 heterocycles. The highest BCUT2D eigenvalue weighted by Gasteiger charge is 2.28. The summed E-state index contributed by atoms with van der Waals surface area (Å²) in [5.41, 5.74) is 17.7. The van der Waals surface area contributed by atoms with E-state index in [9.17, 15) is 64.4 Å². The number of hydrogen-bond acceptors (Lipinski definition) is 24. The molecule has 0 fully saturated rings. The summed E-state index contributed by atoms with van der Waals surface area (Å²) in [4.78, 5) is 69.2. The number of nitrogens with zero attached hydrogens (tertiary/aromatic N) is 6. The van der Waals surface area contributed by atoms with E-state index in [0.29, 0.717) is 144 Å². The first-order valence-corrected chi connectivity index (χ1v) is 47.2. The van der Waals surface area contributed by atoms with Gasteiger partial charge in [0.2, 0.25) is 0 Å². The first-order valence-electron chi connectivity index (χ1n) is 42.7. The van der Waals surface area contributed by atoms with Crippen LogP contribution in [0.5, 0.6) is 34.5 Å². The van der Waals surface area contributed by atoms with Gasteiger partial charge >= 0.3 is 36.6 Å². The lowest BCUT2D eigenvalue weighted by Crippen LogP contribution is -2.28. The van der Waals surface area contributed by atoms with Crippen molar-refractivity contribution in [2.45, 2.75) is 130 Å². The van der Waals surface area contributed by atoms with E-state index in [-0.39, 0.29) is 67.3 Å². The summed E-state index contributed by atoms with van der Waals surface area (Å²) in [5, 5.41) is 65.3. The summed E-state index contributed by atoms with van der Waals surface area (Å²) in [6.07, 6.45) is -5.47. The number of hydrogen-bond donors (Lipinski definition) is 6. The van der Waals surface area contributed by atoms with E-state index < -0.39 is 42.4 Å². The van der Waals surface area contributed by atoms with E-state index in [2.05, 4.69) is 66.9 Å². The summed E-state index contributed by atoms with van der Waals surface area (Å²) < 4.78 is 77.2. The predicted octanol–water partition coefficient (Wildman–Crippen LogP) is 29.5. The molecule has 0 saturated carbocycles. The van der Waals surface area contributed by atoms with Gasteiger partial charge in [0.1, 0.15) is 80.0 Å². The van der Waals surface area contributed by atoms with Crippen molar-refractivity contribution in [1.29, 1.82) is 0 Å². The Kier molecular flexibility index (Phi) is 46.4. The average Bonchev–Trinajstić information content (AvgIpc) is 0.823. The van der Waals surface area contributed by atoms with Gasteiger partial charge in [-0.25, -0.2) is 33.2 Å². The summed E-state index contributed by atoms with van der Waals surface area (Å²) in [5.74, 6) is 2.43. The van der Waals surface area contributed by atoms with Gasteiger partial charge in [0, 0.05) is 40.9 Å². The summed E-state index contributed by atoms with van der Waals surface area (Å²) in [7, 11) is 7.06. The van der Waals surface area contributed by atoms with Crippen LogP contribution in [0.4, 0.5) is 67.3 Å². The molecule has 40 heteroatoms. The minimum atomic E-state index is -1.04. The zero-order valence-electron chi connectivity index (χ0n) is 81.1. The molecule has 6 N–H and O–H groups in total. The van der Waals surface area contributed by atoms with Gasteiger partial charge in [-0.1, -0.05) is 152 Å². The molecule has 12 aromatic carbocycles. The van der Waals surface area contributed by atoms with E-state index in [4.69, 9.17) is 110 Å². The van der Waals surface area contributed by atoms with Crippen LogP contribution in [0.3, 0.4) is 0 Å². The topological polar surface area (TPSA) is 354 Å². The minimum absolute atomic E-state index is 0.000283. The Hall–Kier alpha value is -12.0. The molecule has 12 aromatic rings. The molecule has 6 amide bonds. The molecule has 0 aliphatic rings. The van der Waals surface area contributed by atoms with Crippen LogP contribution in [0.25, 0.3) is 0 Å². The van der Waals surface area contributed by atoms with Gasteiger partial charge in [0.15, 0.2) is 0 Å². The number of hydroxylamine groups is 6. The maximum atomic E-state index is 14.1. The molecule has 0 unspecified atom stereocenters. The Balaban J connectivity index is 0.000000233. The third kappa shape index (κ3) is 32.8. The molecular weight excluding hydrogens is 2180 g/mol. The fourth-order valence-electron chi connectivity index (χ4n) is 12.7. The molecule has 143 heavy (non-hydrogen) atoms. The van der Waals surface area contributed by atoms with Crippen LogP contribution >= 0.6 is 120 Å².